The van der Waals surface area contributed by atoms with E-state index in [0.717, 1.165) is 43.8 Å². The summed E-state index contributed by atoms with van der Waals surface area (Å²) >= 11 is 0. The molecule has 0 aliphatic heterocycles. The molecular formula is C42H42O4. The Morgan fingerprint density at radius 1 is 0.457 bits per heavy atom. The molecule has 0 unspecified atom stereocenters. The van der Waals surface area contributed by atoms with Crippen LogP contribution in [0, 0.1) is 0 Å². The molecule has 0 amide bonds. The number of fused-ring (bicyclic) bond motifs is 2. The number of hydrogen-bond acceptors (Lipinski definition) is 4. The van der Waals surface area contributed by atoms with E-state index in [1.807, 2.05) is 72.8 Å². The normalized spacial score (nSPS) is 12.1. The lowest BCUT2D eigenvalue weighted by atomic mass is 9.82. The standard InChI is InChI=1S/C42H42O4/c1-41(2,3)27-17-19-35(45-7)31(23-27)33-21-25-13-9-11-15-29(25)37(39(33)43)38-30-16-12-10-14-26(30)22-34(40(38)44)32-24-28(42(4,5)6)18-20-36(32)46-8/h9-24,43-44H,1-8H3. The Morgan fingerprint density at radius 3 is 1.17 bits per heavy atom. The fourth-order valence-electron chi connectivity index (χ4n) is 6.36. The summed E-state index contributed by atoms with van der Waals surface area (Å²) in [6.07, 6.45) is 0. The quantitative estimate of drug-likeness (QED) is 0.204. The van der Waals surface area contributed by atoms with Gasteiger partial charge in [-0.25, -0.2) is 0 Å². The number of hydrogen-bond donors (Lipinski definition) is 2. The number of rotatable bonds is 5. The van der Waals surface area contributed by atoms with E-state index in [9.17, 15) is 10.2 Å². The first-order chi connectivity index (χ1) is 21.8. The van der Waals surface area contributed by atoms with E-state index in [1.54, 1.807) is 14.2 Å². The Bertz CT molecular complexity index is 1960. The predicted octanol–water partition coefficient (Wildman–Crippen LogP) is 11.0. The molecule has 0 saturated carbocycles. The van der Waals surface area contributed by atoms with Crippen molar-refractivity contribution in [3.63, 3.8) is 0 Å². The van der Waals surface area contributed by atoms with Crippen molar-refractivity contribution in [2.24, 2.45) is 0 Å². The van der Waals surface area contributed by atoms with Crippen LogP contribution >= 0.6 is 0 Å². The fourth-order valence-corrected chi connectivity index (χ4v) is 6.36. The maximum absolute atomic E-state index is 12.4. The minimum Gasteiger partial charge on any atom is -0.507 e. The van der Waals surface area contributed by atoms with Crippen LogP contribution in [-0.2, 0) is 10.8 Å². The Labute approximate surface area is 271 Å². The van der Waals surface area contributed by atoms with E-state index in [4.69, 9.17) is 9.47 Å². The first-order valence-corrected chi connectivity index (χ1v) is 15.7. The molecule has 4 heteroatoms. The van der Waals surface area contributed by atoms with Crippen LogP contribution in [0.3, 0.4) is 0 Å². The average Bonchev–Trinajstić information content (AvgIpc) is 3.03. The highest BCUT2D eigenvalue weighted by molar-refractivity contribution is 6.14. The number of benzene rings is 6. The van der Waals surface area contributed by atoms with Gasteiger partial charge in [0, 0.05) is 33.4 Å². The maximum atomic E-state index is 12.4. The van der Waals surface area contributed by atoms with Gasteiger partial charge in [-0.2, -0.15) is 0 Å². The summed E-state index contributed by atoms with van der Waals surface area (Å²) in [4.78, 5) is 0. The molecule has 0 aliphatic rings. The second kappa shape index (κ2) is 11.4. The molecule has 0 fully saturated rings. The number of methoxy groups -OCH3 is 2. The Kier molecular flexibility index (Phi) is 7.72. The van der Waals surface area contributed by atoms with Crippen molar-refractivity contribution < 1.29 is 19.7 Å². The maximum Gasteiger partial charge on any atom is 0.132 e. The second-order valence-corrected chi connectivity index (χ2v) is 14.1. The summed E-state index contributed by atoms with van der Waals surface area (Å²) in [5.41, 5.74) is 6.01. The van der Waals surface area contributed by atoms with Crippen molar-refractivity contribution in [2.75, 3.05) is 14.2 Å². The lowest BCUT2D eigenvalue weighted by molar-refractivity contribution is 0.415. The van der Waals surface area contributed by atoms with Gasteiger partial charge in [-0.05, 0) is 79.9 Å². The van der Waals surface area contributed by atoms with Gasteiger partial charge in [0.25, 0.3) is 0 Å². The largest absolute Gasteiger partial charge is 0.507 e. The monoisotopic (exact) mass is 610 g/mol. The predicted molar refractivity (Wildman–Crippen MR) is 192 cm³/mol. The van der Waals surface area contributed by atoms with Gasteiger partial charge < -0.3 is 19.7 Å². The van der Waals surface area contributed by atoms with E-state index in [2.05, 4.69) is 65.8 Å². The van der Waals surface area contributed by atoms with Crippen molar-refractivity contribution >= 4 is 21.5 Å². The molecule has 0 saturated heterocycles. The number of ether oxygens (including phenoxy) is 2. The van der Waals surface area contributed by atoms with Crippen molar-refractivity contribution in [3.8, 4) is 56.4 Å². The molecule has 0 heterocycles. The molecule has 0 atom stereocenters. The third-order valence-corrected chi connectivity index (χ3v) is 9.01. The average molecular weight is 611 g/mol. The van der Waals surface area contributed by atoms with E-state index < -0.39 is 0 Å². The van der Waals surface area contributed by atoms with E-state index in [1.165, 1.54) is 0 Å². The smallest absolute Gasteiger partial charge is 0.132 e. The van der Waals surface area contributed by atoms with Crippen LogP contribution in [0.15, 0.2) is 97.1 Å². The zero-order valence-electron chi connectivity index (χ0n) is 27.9. The van der Waals surface area contributed by atoms with Gasteiger partial charge in [0.05, 0.1) is 14.2 Å². The Balaban J connectivity index is 1.75. The highest BCUT2D eigenvalue weighted by Gasteiger charge is 2.26. The van der Waals surface area contributed by atoms with Crippen molar-refractivity contribution in [3.05, 3.63) is 108 Å². The molecular weight excluding hydrogens is 568 g/mol. The minimum absolute atomic E-state index is 0.0797. The van der Waals surface area contributed by atoms with Crippen LogP contribution in [0.4, 0.5) is 0 Å². The van der Waals surface area contributed by atoms with Gasteiger partial charge in [0.1, 0.15) is 23.0 Å². The molecule has 6 aromatic rings. The molecule has 234 valence electrons. The summed E-state index contributed by atoms with van der Waals surface area (Å²) in [5, 5.41) is 28.4. The van der Waals surface area contributed by atoms with Crippen molar-refractivity contribution in [1.82, 2.24) is 0 Å². The van der Waals surface area contributed by atoms with Gasteiger partial charge in [0.15, 0.2) is 0 Å². The van der Waals surface area contributed by atoms with Crippen LogP contribution in [0.2, 0.25) is 0 Å². The van der Waals surface area contributed by atoms with E-state index >= 15 is 0 Å². The van der Waals surface area contributed by atoms with Gasteiger partial charge in [-0.15, -0.1) is 0 Å². The zero-order chi connectivity index (χ0) is 33.0. The van der Waals surface area contributed by atoms with Crippen LogP contribution < -0.4 is 9.47 Å². The SMILES string of the molecule is COc1ccc(C(C)(C)C)cc1-c1cc2ccccc2c(-c2c(O)c(-c3cc(C(C)(C)C)ccc3OC)cc3ccccc23)c1O. The van der Waals surface area contributed by atoms with Crippen LogP contribution in [0.25, 0.3) is 54.9 Å². The van der Waals surface area contributed by atoms with E-state index in [0.29, 0.717) is 33.8 Å². The summed E-state index contributed by atoms with van der Waals surface area (Å²) in [7, 11) is 3.30. The van der Waals surface area contributed by atoms with Crippen LogP contribution in [0.5, 0.6) is 23.0 Å². The molecule has 2 N–H and O–H groups in total. The highest BCUT2D eigenvalue weighted by Crippen LogP contribution is 2.53. The third kappa shape index (κ3) is 5.32. The molecule has 0 radical (unpaired) electrons. The van der Waals surface area contributed by atoms with Crippen molar-refractivity contribution in [2.45, 2.75) is 52.4 Å². The first-order valence-electron chi connectivity index (χ1n) is 15.7. The van der Waals surface area contributed by atoms with Gasteiger partial charge in [-0.3, -0.25) is 0 Å². The molecule has 0 aliphatic carbocycles. The van der Waals surface area contributed by atoms with Crippen LogP contribution in [0.1, 0.15) is 52.7 Å². The van der Waals surface area contributed by atoms with E-state index in [-0.39, 0.29) is 22.3 Å². The third-order valence-electron chi connectivity index (χ3n) is 9.01. The number of phenolic OH excluding ortho intramolecular Hbond substituents is 2. The number of phenols is 2. The lowest BCUT2D eigenvalue weighted by Gasteiger charge is -2.24. The van der Waals surface area contributed by atoms with Gasteiger partial charge in [-0.1, -0.05) is 102 Å². The summed E-state index contributed by atoms with van der Waals surface area (Å²) < 4.78 is 11.7. The first kappa shape index (κ1) is 31.0. The summed E-state index contributed by atoms with van der Waals surface area (Å²) in [5.74, 6) is 1.49. The summed E-state index contributed by atoms with van der Waals surface area (Å²) in [6, 6.07) is 32.3. The lowest BCUT2D eigenvalue weighted by Crippen LogP contribution is -2.11. The van der Waals surface area contributed by atoms with Gasteiger partial charge >= 0.3 is 0 Å². The number of aromatic hydroxyl groups is 2. The van der Waals surface area contributed by atoms with Crippen molar-refractivity contribution in [1.29, 1.82) is 0 Å². The highest BCUT2D eigenvalue weighted by atomic mass is 16.5. The molecule has 0 bridgehead atoms. The van der Waals surface area contributed by atoms with Crippen LogP contribution in [-0.4, -0.2) is 24.4 Å². The Hall–Kier alpha value is -4.96. The second-order valence-electron chi connectivity index (χ2n) is 14.1. The summed E-state index contributed by atoms with van der Waals surface area (Å²) in [6.45, 7) is 13.0. The zero-order valence-corrected chi connectivity index (χ0v) is 27.9. The molecule has 46 heavy (non-hydrogen) atoms. The molecule has 6 rings (SSSR count). The topological polar surface area (TPSA) is 58.9 Å². The minimum atomic E-state index is -0.111. The molecule has 0 aromatic heterocycles. The molecule has 0 spiro atoms. The Morgan fingerprint density at radius 2 is 0.826 bits per heavy atom. The van der Waals surface area contributed by atoms with Gasteiger partial charge in [0.2, 0.25) is 0 Å². The fraction of sp³-hybridized carbons (Fsp3) is 0.238. The molecule has 4 nitrogen and oxygen atoms in total. The molecule has 6 aromatic carbocycles.